The van der Waals surface area contributed by atoms with Gasteiger partial charge >= 0.3 is 0 Å². The highest BCUT2D eigenvalue weighted by molar-refractivity contribution is 5.37. The first kappa shape index (κ1) is 14.0. The first-order valence-corrected chi connectivity index (χ1v) is 6.51. The van der Waals surface area contributed by atoms with Crippen LogP contribution in [0, 0.1) is 12.8 Å². The number of nitrogens with one attached hydrogen (secondary N) is 1. The van der Waals surface area contributed by atoms with Crippen molar-refractivity contribution in [3.05, 3.63) is 29.3 Å². The number of hydrogen-bond acceptors (Lipinski definition) is 2. The molecule has 2 N–H and O–H groups in total. The number of phenolic OH excluding ortho intramolecular Hbond substituents is 1. The summed E-state index contributed by atoms with van der Waals surface area (Å²) < 4.78 is 0. The third kappa shape index (κ3) is 3.74. The van der Waals surface area contributed by atoms with Crippen molar-refractivity contribution in [3.63, 3.8) is 0 Å². The first-order chi connectivity index (χ1) is 7.95. The summed E-state index contributed by atoms with van der Waals surface area (Å²) >= 11 is 0. The average molecular weight is 235 g/mol. The third-order valence-corrected chi connectivity index (χ3v) is 3.36. The average Bonchev–Trinajstić information content (AvgIpc) is 2.28. The Hall–Kier alpha value is -1.02. The summed E-state index contributed by atoms with van der Waals surface area (Å²) in [6.07, 6.45) is 1.11. The molecule has 2 nitrogen and oxygen atoms in total. The number of benzene rings is 1. The van der Waals surface area contributed by atoms with Gasteiger partial charge in [0.25, 0.3) is 0 Å². The molecule has 0 amide bonds. The Morgan fingerprint density at radius 3 is 2.41 bits per heavy atom. The Bertz CT molecular complexity index is 360. The normalized spacial score (nSPS) is 14.9. The molecule has 2 unspecified atom stereocenters. The van der Waals surface area contributed by atoms with E-state index in [1.165, 1.54) is 5.56 Å². The van der Waals surface area contributed by atoms with Crippen LogP contribution in [0.5, 0.6) is 5.75 Å². The van der Waals surface area contributed by atoms with Crippen molar-refractivity contribution in [1.82, 2.24) is 5.32 Å². The topological polar surface area (TPSA) is 32.3 Å². The number of aromatic hydroxyl groups is 1. The van der Waals surface area contributed by atoms with Crippen molar-refractivity contribution in [3.8, 4) is 5.75 Å². The summed E-state index contributed by atoms with van der Waals surface area (Å²) in [5.74, 6) is 0.989. The van der Waals surface area contributed by atoms with Crippen molar-refractivity contribution in [2.45, 2.75) is 53.1 Å². The maximum Gasteiger partial charge on any atom is 0.120 e. The zero-order valence-corrected chi connectivity index (χ0v) is 11.6. The van der Waals surface area contributed by atoms with Gasteiger partial charge in [0.05, 0.1) is 0 Å². The second-order valence-electron chi connectivity index (χ2n) is 5.21. The van der Waals surface area contributed by atoms with Crippen LogP contribution in [-0.2, 0) is 0 Å². The van der Waals surface area contributed by atoms with Crippen LogP contribution < -0.4 is 5.32 Å². The molecule has 96 valence electrons. The Labute approximate surface area is 105 Å². The molecular weight excluding hydrogens is 210 g/mol. The molecule has 0 aromatic heterocycles. The van der Waals surface area contributed by atoms with E-state index in [-0.39, 0.29) is 6.04 Å². The zero-order chi connectivity index (χ0) is 13.0. The van der Waals surface area contributed by atoms with Gasteiger partial charge in [-0.2, -0.15) is 0 Å². The van der Waals surface area contributed by atoms with E-state index in [0.29, 0.717) is 17.7 Å². The van der Waals surface area contributed by atoms with Gasteiger partial charge < -0.3 is 10.4 Å². The molecule has 0 aliphatic heterocycles. The lowest BCUT2D eigenvalue weighted by Crippen LogP contribution is -2.35. The lowest BCUT2D eigenvalue weighted by atomic mass is 9.98. The molecule has 0 heterocycles. The smallest absolute Gasteiger partial charge is 0.120 e. The minimum atomic E-state index is 0.183. The zero-order valence-electron chi connectivity index (χ0n) is 11.6. The predicted molar refractivity (Wildman–Crippen MR) is 73.3 cm³/mol. The fraction of sp³-hybridized carbons (Fsp3) is 0.600. The van der Waals surface area contributed by atoms with Crippen LogP contribution in [0.1, 0.15) is 51.3 Å². The molecule has 0 saturated carbocycles. The van der Waals surface area contributed by atoms with Crippen molar-refractivity contribution in [2.75, 3.05) is 0 Å². The highest BCUT2D eigenvalue weighted by Crippen LogP contribution is 2.26. The molecule has 0 aliphatic carbocycles. The fourth-order valence-electron chi connectivity index (χ4n) is 2.21. The molecule has 0 bridgehead atoms. The van der Waals surface area contributed by atoms with Crippen LogP contribution in [0.3, 0.4) is 0 Å². The molecule has 1 aromatic rings. The van der Waals surface area contributed by atoms with E-state index < -0.39 is 0 Å². The second-order valence-corrected chi connectivity index (χ2v) is 5.21. The van der Waals surface area contributed by atoms with Gasteiger partial charge in [-0.3, -0.25) is 0 Å². The highest BCUT2D eigenvalue weighted by atomic mass is 16.3. The SMILES string of the molecule is CCC(NC(C)c1cc(C)ccc1O)C(C)C. The first-order valence-electron chi connectivity index (χ1n) is 6.51. The van der Waals surface area contributed by atoms with Crippen LogP contribution in [0.2, 0.25) is 0 Å². The molecular formula is C15H25NO. The Kier molecular flexibility index (Phi) is 5.01. The lowest BCUT2D eigenvalue weighted by molar-refractivity contribution is 0.349. The van der Waals surface area contributed by atoms with Gasteiger partial charge in [-0.15, -0.1) is 0 Å². The van der Waals surface area contributed by atoms with Crippen LogP contribution in [0.25, 0.3) is 0 Å². The lowest BCUT2D eigenvalue weighted by Gasteiger charge is -2.26. The van der Waals surface area contributed by atoms with E-state index in [1.807, 2.05) is 6.07 Å². The van der Waals surface area contributed by atoms with Crippen LogP contribution >= 0.6 is 0 Å². The van der Waals surface area contributed by atoms with Gasteiger partial charge in [0.2, 0.25) is 0 Å². The molecule has 2 atom stereocenters. The minimum Gasteiger partial charge on any atom is -0.508 e. The van der Waals surface area contributed by atoms with Crippen molar-refractivity contribution in [2.24, 2.45) is 5.92 Å². The molecule has 1 rings (SSSR count). The maximum atomic E-state index is 9.89. The standard InChI is InChI=1S/C15H25NO/c1-6-14(10(2)3)16-12(5)13-9-11(4)7-8-15(13)17/h7-10,12,14,16-17H,6H2,1-5H3. The summed E-state index contributed by atoms with van der Waals surface area (Å²) in [5.41, 5.74) is 2.17. The number of aryl methyl sites for hydroxylation is 1. The van der Waals surface area contributed by atoms with Crippen LogP contribution in [-0.4, -0.2) is 11.1 Å². The molecule has 2 heteroatoms. The van der Waals surface area contributed by atoms with Gasteiger partial charge in [-0.1, -0.05) is 38.5 Å². The van der Waals surface area contributed by atoms with E-state index in [2.05, 4.69) is 46.0 Å². The number of hydrogen-bond donors (Lipinski definition) is 2. The quantitative estimate of drug-likeness (QED) is 0.814. The minimum absolute atomic E-state index is 0.183. The van der Waals surface area contributed by atoms with Crippen molar-refractivity contribution < 1.29 is 5.11 Å². The van der Waals surface area contributed by atoms with Crippen LogP contribution in [0.4, 0.5) is 0 Å². The summed E-state index contributed by atoms with van der Waals surface area (Å²) in [7, 11) is 0. The van der Waals surface area contributed by atoms with Gasteiger partial charge in [-0.25, -0.2) is 0 Å². The van der Waals surface area contributed by atoms with Crippen molar-refractivity contribution >= 4 is 0 Å². The Morgan fingerprint density at radius 1 is 1.24 bits per heavy atom. The number of phenols is 1. The van der Waals surface area contributed by atoms with Crippen molar-refractivity contribution in [1.29, 1.82) is 0 Å². The van der Waals surface area contributed by atoms with Gasteiger partial charge in [-0.05, 0) is 32.3 Å². The molecule has 0 saturated heterocycles. The maximum absolute atomic E-state index is 9.89. The van der Waals surface area contributed by atoms with E-state index in [4.69, 9.17) is 0 Å². The largest absolute Gasteiger partial charge is 0.508 e. The predicted octanol–water partition coefficient (Wildman–Crippen LogP) is 3.79. The van der Waals surface area contributed by atoms with E-state index in [0.717, 1.165) is 12.0 Å². The molecule has 0 aliphatic rings. The molecule has 0 fully saturated rings. The fourth-order valence-corrected chi connectivity index (χ4v) is 2.21. The molecule has 17 heavy (non-hydrogen) atoms. The summed E-state index contributed by atoms with van der Waals surface area (Å²) in [6, 6.07) is 6.44. The molecule has 0 spiro atoms. The second kappa shape index (κ2) is 6.06. The van der Waals surface area contributed by atoms with Gasteiger partial charge in [0.15, 0.2) is 0 Å². The summed E-state index contributed by atoms with van der Waals surface area (Å²) in [5, 5.41) is 13.5. The summed E-state index contributed by atoms with van der Waals surface area (Å²) in [6.45, 7) is 10.8. The number of rotatable bonds is 5. The van der Waals surface area contributed by atoms with E-state index >= 15 is 0 Å². The Morgan fingerprint density at radius 2 is 1.88 bits per heavy atom. The third-order valence-electron chi connectivity index (χ3n) is 3.36. The summed E-state index contributed by atoms with van der Waals surface area (Å²) in [4.78, 5) is 0. The van der Waals surface area contributed by atoms with E-state index in [1.54, 1.807) is 6.07 Å². The molecule has 1 aromatic carbocycles. The van der Waals surface area contributed by atoms with Gasteiger partial charge in [0.1, 0.15) is 5.75 Å². The molecule has 0 radical (unpaired) electrons. The Balaban J connectivity index is 2.81. The highest BCUT2D eigenvalue weighted by Gasteiger charge is 2.17. The van der Waals surface area contributed by atoms with E-state index in [9.17, 15) is 5.11 Å². The van der Waals surface area contributed by atoms with Crippen LogP contribution in [0.15, 0.2) is 18.2 Å². The monoisotopic (exact) mass is 235 g/mol. The van der Waals surface area contributed by atoms with Gasteiger partial charge in [0, 0.05) is 17.6 Å².